The third-order valence-electron chi connectivity index (χ3n) is 2.81. The summed E-state index contributed by atoms with van der Waals surface area (Å²) >= 11 is 0. The van der Waals surface area contributed by atoms with Gasteiger partial charge >= 0.3 is 0 Å². The Kier molecular flexibility index (Phi) is 4.42. The highest BCUT2D eigenvalue weighted by Gasteiger charge is 2.05. The highest BCUT2D eigenvalue weighted by atomic mass is 16.5. The Labute approximate surface area is 107 Å². The maximum Gasteiger partial charge on any atom is 0.127 e. The molecule has 3 nitrogen and oxygen atoms in total. The largest absolute Gasteiger partial charge is 0.496 e. The van der Waals surface area contributed by atoms with Gasteiger partial charge in [-0.05, 0) is 12.1 Å². The third kappa shape index (κ3) is 2.74. The van der Waals surface area contributed by atoms with Gasteiger partial charge in [-0.15, -0.1) is 0 Å². The van der Waals surface area contributed by atoms with E-state index in [-0.39, 0.29) is 0 Å². The number of fused-ring (bicyclic) bond motifs is 1. The maximum atomic E-state index is 5.79. The number of hydrogen-bond donors (Lipinski definition) is 0. The van der Waals surface area contributed by atoms with Crippen molar-refractivity contribution >= 4 is 10.8 Å². The quantitative estimate of drug-likeness (QED) is 0.732. The van der Waals surface area contributed by atoms with E-state index in [2.05, 4.69) is 0 Å². The van der Waals surface area contributed by atoms with Crippen LogP contribution in [0, 0.1) is 0 Å². The lowest BCUT2D eigenvalue weighted by molar-refractivity contribution is 0.172. The summed E-state index contributed by atoms with van der Waals surface area (Å²) in [6.45, 7) is 1.37. The van der Waals surface area contributed by atoms with Crippen molar-refractivity contribution in [3.63, 3.8) is 0 Å². The van der Waals surface area contributed by atoms with Crippen molar-refractivity contribution in [1.82, 2.24) is 0 Å². The van der Waals surface area contributed by atoms with Gasteiger partial charge in [0.05, 0.1) is 13.7 Å². The Morgan fingerprint density at radius 2 is 1.50 bits per heavy atom. The molecule has 0 aliphatic carbocycles. The molecule has 0 bridgehead atoms. The molecule has 3 heteroatoms. The summed E-state index contributed by atoms with van der Waals surface area (Å²) in [7, 11) is 3.38. The fourth-order valence-electron chi connectivity index (χ4n) is 1.94. The van der Waals surface area contributed by atoms with Crippen LogP contribution in [0.25, 0.3) is 10.8 Å². The molecule has 0 amide bonds. The van der Waals surface area contributed by atoms with Crippen LogP contribution in [0.15, 0.2) is 36.4 Å². The zero-order valence-electron chi connectivity index (χ0n) is 10.8. The molecular weight excluding hydrogens is 228 g/mol. The first kappa shape index (κ1) is 12.7. The second kappa shape index (κ2) is 6.26. The Morgan fingerprint density at radius 1 is 0.833 bits per heavy atom. The molecule has 18 heavy (non-hydrogen) atoms. The summed E-state index contributed by atoms with van der Waals surface area (Å²) in [6, 6.07) is 12.0. The lowest BCUT2D eigenvalue weighted by Gasteiger charge is -2.11. The predicted octanol–water partition coefficient (Wildman–Crippen LogP) is 3.26. The normalized spacial score (nSPS) is 10.6. The van der Waals surface area contributed by atoms with Crippen molar-refractivity contribution < 1.29 is 14.2 Å². The van der Waals surface area contributed by atoms with Gasteiger partial charge in [-0.25, -0.2) is 0 Å². The second-order valence-corrected chi connectivity index (χ2v) is 4.01. The summed E-state index contributed by atoms with van der Waals surface area (Å²) in [5, 5.41) is 2.15. The molecule has 0 unspecified atom stereocenters. The molecule has 0 N–H and O–H groups in total. The molecule has 0 radical (unpaired) electrons. The molecule has 2 rings (SSSR count). The van der Waals surface area contributed by atoms with E-state index < -0.39 is 0 Å². The van der Waals surface area contributed by atoms with Crippen LogP contribution in [0.4, 0.5) is 0 Å². The fourth-order valence-corrected chi connectivity index (χ4v) is 1.94. The van der Waals surface area contributed by atoms with Crippen LogP contribution in [0.2, 0.25) is 0 Å². The summed E-state index contributed by atoms with van der Waals surface area (Å²) in [5.41, 5.74) is 0. The van der Waals surface area contributed by atoms with Gasteiger partial charge in [0.15, 0.2) is 0 Å². The van der Waals surface area contributed by atoms with E-state index in [0.717, 1.165) is 28.7 Å². The summed E-state index contributed by atoms with van der Waals surface area (Å²) < 4.78 is 16.1. The van der Waals surface area contributed by atoms with Crippen LogP contribution in [0.5, 0.6) is 11.5 Å². The van der Waals surface area contributed by atoms with E-state index >= 15 is 0 Å². The molecule has 0 atom stereocenters. The van der Waals surface area contributed by atoms with Crippen LogP contribution in [-0.2, 0) is 4.74 Å². The zero-order chi connectivity index (χ0) is 12.8. The average molecular weight is 246 g/mol. The minimum atomic E-state index is 0.657. The van der Waals surface area contributed by atoms with E-state index in [9.17, 15) is 0 Å². The molecule has 0 saturated carbocycles. The van der Waals surface area contributed by atoms with Crippen molar-refractivity contribution in [2.24, 2.45) is 0 Å². The summed E-state index contributed by atoms with van der Waals surface area (Å²) in [6.07, 6.45) is 0.886. The standard InChI is InChI=1S/C15H18O3/c1-16-10-5-11-18-15-9-4-6-12-13(15)7-3-8-14(12)17-2/h3-4,6-9H,5,10-11H2,1-2H3. The SMILES string of the molecule is COCCCOc1cccc2c(OC)cccc12. The van der Waals surface area contributed by atoms with E-state index in [0.29, 0.717) is 13.2 Å². The Bertz CT molecular complexity index is 508. The smallest absolute Gasteiger partial charge is 0.127 e. The average Bonchev–Trinajstić information content (AvgIpc) is 2.43. The third-order valence-corrected chi connectivity index (χ3v) is 2.81. The minimum absolute atomic E-state index is 0.657. The van der Waals surface area contributed by atoms with E-state index in [1.165, 1.54) is 0 Å². The highest BCUT2D eigenvalue weighted by molar-refractivity contribution is 5.93. The van der Waals surface area contributed by atoms with E-state index in [1.54, 1.807) is 14.2 Å². The summed E-state index contributed by atoms with van der Waals surface area (Å²) in [5.74, 6) is 1.76. The van der Waals surface area contributed by atoms with Crippen molar-refractivity contribution in [2.75, 3.05) is 27.4 Å². The molecule has 0 aliphatic heterocycles. The molecule has 0 saturated heterocycles. The first-order valence-corrected chi connectivity index (χ1v) is 6.04. The monoisotopic (exact) mass is 246 g/mol. The van der Waals surface area contributed by atoms with Gasteiger partial charge in [0.2, 0.25) is 0 Å². The van der Waals surface area contributed by atoms with Gasteiger partial charge < -0.3 is 14.2 Å². The molecule has 0 aliphatic rings. The van der Waals surface area contributed by atoms with E-state index in [1.807, 2.05) is 36.4 Å². The fraction of sp³-hybridized carbons (Fsp3) is 0.333. The van der Waals surface area contributed by atoms with Crippen LogP contribution in [0.1, 0.15) is 6.42 Å². The van der Waals surface area contributed by atoms with Gasteiger partial charge in [-0.1, -0.05) is 24.3 Å². The predicted molar refractivity (Wildman–Crippen MR) is 72.5 cm³/mol. The second-order valence-electron chi connectivity index (χ2n) is 4.01. The number of rotatable bonds is 6. The zero-order valence-corrected chi connectivity index (χ0v) is 10.8. The molecule has 0 spiro atoms. The van der Waals surface area contributed by atoms with E-state index in [4.69, 9.17) is 14.2 Å². The molecule has 2 aromatic rings. The molecule has 0 aromatic heterocycles. The van der Waals surface area contributed by atoms with Crippen molar-refractivity contribution in [2.45, 2.75) is 6.42 Å². The number of ether oxygens (including phenoxy) is 3. The Hall–Kier alpha value is -1.74. The highest BCUT2D eigenvalue weighted by Crippen LogP contribution is 2.31. The van der Waals surface area contributed by atoms with Crippen molar-refractivity contribution in [1.29, 1.82) is 0 Å². The Balaban J connectivity index is 2.23. The van der Waals surface area contributed by atoms with Crippen molar-refractivity contribution in [3.8, 4) is 11.5 Å². The molecule has 0 heterocycles. The molecular formula is C15H18O3. The van der Waals surface area contributed by atoms with Crippen LogP contribution in [0.3, 0.4) is 0 Å². The van der Waals surface area contributed by atoms with Crippen molar-refractivity contribution in [3.05, 3.63) is 36.4 Å². The lowest BCUT2D eigenvalue weighted by atomic mass is 10.1. The number of methoxy groups -OCH3 is 2. The minimum Gasteiger partial charge on any atom is -0.496 e. The van der Waals surface area contributed by atoms with Crippen LogP contribution >= 0.6 is 0 Å². The van der Waals surface area contributed by atoms with Crippen LogP contribution < -0.4 is 9.47 Å². The molecule has 96 valence electrons. The van der Waals surface area contributed by atoms with Crippen LogP contribution in [-0.4, -0.2) is 27.4 Å². The topological polar surface area (TPSA) is 27.7 Å². The lowest BCUT2D eigenvalue weighted by Crippen LogP contribution is -2.01. The number of hydrogen-bond acceptors (Lipinski definition) is 3. The first-order valence-electron chi connectivity index (χ1n) is 6.04. The maximum absolute atomic E-state index is 5.79. The molecule has 2 aromatic carbocycles. The van der Waals surface area contributed by atoms with Gasteiger partial charge in [0.1, 0.15) is 11.5 Å². The van der Waals surface area contributed by atoms with Gasteiger partial charge in [0, 0.05) is 30.9 Å². The summed E-state index contributed by atoms with van der Waals surface area (Å²) in [4.78, 5) is 0. The van der Waals surface area contributed by atoms with Gasteiger partial charge in [0.25, 0.3) is 0 Å². The van der Waals surface area contributed by atoms with Gasteiger partial charge in [-0.2, -0.15) is 0 Å². The Morgan fingerprint density at radius 3 is 2.17 bits per heavy atom. The number of benzene rings is 2. The molecule has 0 fully saturated rings. The first-order chi connectivity index (χ1) is 8.86. The van der Waals surface area contributed by atoms with Gasteiger partial charge in [-0.3, -0.25) is 0 Å².